The van der Waals surface area contributed by atoms with E-state index in [2.05, 4.69) is 30.5 Å². The number of allylic oxidation sites excluding steroid dienone is 1. The first-order valence-corrected chi connectivity index (χ1v) is 10.9. The van der Waals surface area contributed by atoms with Crippen LogP contribution in [0.15, 0.2) is 54.5 Å². The van der Waals surface area contributed by atoms with Crippen LogP contribution in [0.4, 0.5) is 0 Å². The van der Waals surface area contributed by atoms with Crippen LogP contribution in [0.3, 0.4) is 0 Å². The van der Waals surface area contributed by atoms with Crippen LogP contribution in [-0.4, -0.2) is 43.0 Å². The lowest BCUT2D eigenvalue weighted by Gasteiger charge is -2.19. The van der Waals surface area contributed by atoms with Crippen molar-refractivity contribution >= 4 is 27.6 Å². The second-order valence-corrected chi connectivity index (χ2v) is 8.35. The number of aryl methyl sites for hydroxylation is 2. The maximum atomic E-state index is 13.5. The van der Waals surface area contributed by atoms with E-state index in [-0.39, 0.29) is 11.6 Å². The lowest BCUT2D eigenvalue weighted by molar-refractivity contribution is 0.417. The van der Waals surface area contributed by atoms with Crippen LogP contribution in [0.5, 0.6) is 5.75 Å². The highest BCUT2D eigenvalue weighted by Crippen LogP contribution is 2.37. The minimum atomic E-state index is -0.109. The van der Waals surface area contributed by atoms with Crippen LogP contribution >= 0.6 is 0 Å². The van der Waals surface area contributed by atoms with Crippen molar-refractivity contribution < 1.29 is 4.74 Å². The van der Waals surface area contributed by atoms with Crippen LogP contribution in [-0.2, 0) is 14.1 Å². The topological polar surface area (TPSA) is 70.1 Å². The van der Waals surface area contributed by atoms with Crippen molar-refractivity contribution in [3.05, 3.63) is 60.2 Å². The first-order chi connectivity index (χ1) is 15.8. The van der Waals surface area contributed by atoms with E-state index in [0.29, 0.717) is 5.75 Å². The van der Waals surface area contributed by atoms with Gasteiger partial charge in [-0.25, -0.2) is 4.79 Å². The average Bonchev–Trinajstić information content (AvgIpc) is 3.37. The van der Waals surface area contributed by atoms with Crippen molar-refractivity contribution in [1.82, 2.24) is 28.8 Å². The van der Waals surface area contributed by atoms with E-state index in [4.69, 9.17) is 4.74 Å². The monoisotopic (exact) mass is 446 g/mol. The fourth-order valence-corrected chi connectivity index (χ4v) is 4.09. The van der Waals surface area contributed by atoms with E-state index < -0.39 is 0 Å². The summed E-state index contributed by atoms with van der Waals surface area (Å²) in [7, 11) is 7.22. The van der Waals surface area contributed by atoms with E-state index >= 15 is 0 Å². The number of benzene rings is 1. The van der Waals surface area contributed by atoms with Gasteiger partial charge in [-0.2, -0.15) is 5.10 Å². The fourth-order valence-electron chi connectivity index (χ4n) is 4.09. The van der Waals surface area contributed by atoms with Gasteiger partial charge in [0.2, 0.25) is 0 Å². The summed E-state index contributed by atoms with van der Waals surface area (Å²) in [6.45, 7) is 8.10. The van der Waals surface area contributed by atoms with Crippen molar-refractivity contribution in [2.24, 2.45) is 20.0 Å². The third-order valence-electron chi connectivity index (χ3n) is 6.22. The molecule has 3 aromatic heterocycles. The Morgan fingerprint density at radius 3 is 2.67 bits per heavy atom. The molecular weight excluding hydrogens is 416 g/mol. The predicted octanol–water partition coefficient (Wildman–Crippen LogP) is 4.22. The molecule has 33 heavy (non-hydrogen) atoms. The Labute approximate surface area is 193 Å². The third kappa shape index (κ3) is 3.71. The average molecular weight is 447 g/mol. The Balaban J connectivity index is 2.15. The molecule has 3 heterocycles. The Morgan fingerprint density at radius 1 is 1.30 bits per heavy atom. The number of hydrogen-bond acceptors (Lipinski definition) is 5. The molecule has 172 valence electrons. The van der Waals surface area contributed by atoms with E-state index in [1.54, 1.807) is 42.0 Å². The van der Waals surface area contributed by atoms with E-state index in [1.165, 1.54) is 0 Å². The highest BCUT2D eigenvalue weighted by molar-refractivity contribution is 6.06. The lowest BCUT2D eigenvalue weighted by Crippen LogP contribution is -2.25. The molecule has 0 amide bonds. The second kappa shape index (κ2) is 8.61. The summed E-state index contributed by atoms with van der Waals surface area (Å²) < 4.78 is 10.9. The molecule has 0 saturated carbocycles. The van der Waals surface area contributed by atoms with Crippen molar-refractivity contribution in [3.63, 3.8) is 0 Å². The minimum Gasteiger partial charge on any atom is -0.496 e. The van der Waals surface area contributed by atoms with E-state index in [0.717, 1.165) is 45.2 Å². The smallest absolute Gasteiger partial charge is 0.333 e. The van der Waals surface area contributed by atoms with Crippen molar-refractivity contribution in [2.75, 3.05) is 14.2 Å². The zero-order valence-electron chi connectivity index (χ0n) is 20.0. The molecule has 1 unspecified atom stereocenters. The number of pyridine rings is 1. The van der Waals surface area contributed by atoms with Crippen molar-refractivity contribution in [2.45, 2.75) is 20.3 Å². The van der Waals surface area contributed by atoms with Crippen LogP contribution < -0.4 is 10.4 Å². The number of imidazole rings is 1. The van der Waals surface area contributed by atoms with Gasteiger partial charge >= 0.3 is 5.69 Å². The summed E-state index contributed by atoms with van der Waals surface area (Å²) >= 11 is 0. The third-order valence-corrected chi connectivity index (χ3v) is 6.22. The van der Waals surface area contributed by atoms with Gasteiger partial charge in [0.05, 0.1) is 36.1 Å². The molecule has 8 heteroatoms. The first-order valence-electron chi connectivity index (χ1n) is 10.9. The summed E-state index contributed by atoms with van der Waals surface area (Å²) in [4.78, 5) is 20.0. The SMILES string of the molecule is C=CN(C)/C=C(\C(C)CC)n1c(=O)n(C)c2cnc3cc(OC)c(-c4cnn(C)c4)cc3c21. The van der Waals surface area contributed by atoms with E-state index in [9.17, 15) is 4.79 Å². The van der Waals surface area contributed by atoms with Gasteiger partial charge in [0.15, 0.2) is 0 Å². The Hall–Kier alpha value is -3.81. The number of fused-ring (bicyclic) bond motifs is 3. The molecule has 0 fully saturated rings. The molecule has 0 saturated heterocycles. The van der Waals surface area contributed by atoms with Gasteiger partial charge in [-0.3, -0.25) is 18.8 Å². The molecule has 4 rings (SSSR count). The Morgan fingerprint density at radius 2 is 2.06 bits per heavy atom. The minimum absolute atomic E-state index is 0.109. The maximum absolute atomic E-state index is 13.5. The second-order valence-electron chi connectivity index (χ2n) is 8.35. The summed E-state index contributed by atoms with van der Waals surface area (Å²) in [5, 5.41) is 5.19. The number of ether oxygens (including phenoxy) is 1. The molecule has 0 spiro atoms. The van der Waals surface area contributed by atoms with Gasteiger partial charge < -0.3 is 9.64 Å². The molecule has 0 N–H and O–H groups in total. The molecular formula is C25H30N6O2. The van der Waals surface area contributed by atoms with Gasteiger partial charge in [-0.1, -0.05) is 20.4 Å². The van der Waals surface area contributed by atoms with Crippen molar-refractivity contribution in [1.29, 1.82) is 0 Å². The van der Waals surface area contributed by atoms with Gasteiger partial charge in [0.1, 0.15) is 5.75 Å². The normalized spacial score (nSPS) is 13.0. The van der Waals surface area contributed by atoms with Gasteiger partial charge in [-0.15, -0.1) is 0 Å². The van der Waals surface area contributed by atoms with Crippen LogP contribution in [0.2, 0.25) is 0 Å². The number of methoxy groups -OCH3 is 1. The van der Waals surface area contributed by atoms with Gasteiger partial charge in [0.25, 0.3) is 0 Å². The van der Waals surface area contributed by atoms with Gasteiger partial charge in [-0.05, 0) is 24.6 Å². The van der Waals surface area contributed by atoms with E-state index in [1.807, 2.05) is 48.1 Å². The summed E-state index contributed by atoms with van der Waals surface area (Å²) in [5.41, 5.74) is 4.97. The standard InChI is InChI=1S/C25H30N6O2/c1-8-16(3)22(15-28(4)9-2)31-24-19-10-18(17-12-27-29(5)14-17)23(33-7)11-20(19)26-13-21(24)30(6)25(31)32/h9-16H,2,8H2,1,3-7H3/b22-15+. The zero-order chi connectivity index (χ0) is 23.9. The highest BCUT2D eigenvalue weighted by Gasteiger charge is 2.22. The molecule has 0 bridgehead atoms. The van der Waals surface area contributed by atoms with Crippen LogP contribution in [0, 0.1) is 5.92 Å². The largest absolute Gasteiger partial charge is 0.496 e. The number of rotatable bonds is 7. The van der Waals surface area contributed by atoms with Crippen LogP contribution in [0.1, 0.15) is 20.3 Å². The Kier molecular flexibility index (Phi) is 5.84. The number of hydrogen-bond donors (Lipinski definition) is 0. The van der Waals surface area contributed by atoms with Gasteiger partial charge in [0, 0.05) is 61.8 Å². The first kappa shape index (κ1) is 22.4. The molecule has 8 nitrogen and oxygen atoms in total. The molecule has 1 aromatic carbocycles. The zero-order valence-corrected chi connectivity index (χ0v) is 20.0. The molecule has 0 aliphatic heterocycles. The van der Waals surface area contributed by atoms with Crippen molar-refractivity contribution in [3.8, 4) is 16.9 Å². The molecule has 0 aliphatic rings. The van der Waals surface area contributed by atoms with Crippen LogP contribution in [0.25, 0.3) is 38.8 Å². The summed E-state index contributed by atoms with van der Waals surface area (Å²) in [6, 6.07) is 3.96. The molecule has 4 aromatic rings. The number of nitrogens with zero attached hydrogens (tertiary/aromatic N) is 6. The highest BCUT2D eigenvalue weighted by atomic mass is 16.5. The summed E-state index contributed by atoms with van der Waals surface area (Å²) in [5.74, 6) is 0.853. The fraction of sp³-hybridized carbons (Fsp3) is 0.320. The Bertz CT molecular complexity index is 1440. The maximum Gasteiger partial charge on any atom is 0.333 e. The molecule has 0 radical (unpaired) electrons. The summed E-state index contributed by atoms with van der Waals surface area (Å²) in [6.07, 6.45) is 10.1. The molecule has 0 aliphatic carbocycles. The lowest BCUT2D eigenvalue weighted by atomic mass is 10.0. The number of aromatic nitrogens is 5. The molecule has 1 atom stereocenters. The predicted molar refractivity (Wildman–Crippen MR) is 133 cm³/mol. The quantitative estimate of drug-likeness (QED) is 0.425.